The Balaban J connectivity index is 4.26. The van der Waals surface area contributed by atoms with Gasteiger partial charge in [-0.05, 0) is 0 Å². The van der Waals surface area contributed by atoms with Gasteiger partial charge >= 0.3 is 0 Å². The summed E-state index contributed by atoms with van der Waals surface area (Å²) in [4.78, 5) is 11.2. The molecule has 1 atom stereocenters. The van der Waals surface area contributed by atoms with Crippen LogP contribution in [-0.4, -0.2) is 28.3 Å². The molecule has 0 rings (SSSR count). The molecule has 0 aromatic carbocycles. The second-order valence-corrected chi connectivity index (χ2v) is 3.55. The number of hydrogen-bond donors (Lipinski definition) is 3. The van der Waals surface area contributed by atoms with E-state index >= 15 is 0 Å². The quantitative estimate of drug-likeness (QED) is 0.465. The Labute approximate surface area is 66.0 Å². The van der Waals surface area contributed by atoms with Crippen LogP contribution in [0.4, 0.5) is 0 Å². The van der Waals surface area contributed by atoms with E-state index in [0.717, 1.165) is 0 Å². The molecule has 66 valence electrons. The maximum absolute atomic E-state index is 11.2. The molecule has 0 aliphatic rings. The summed E-state index contributed by atoms with van der Waals surface area (Å²) in [5.74, 6) is -0.354. The highest BCUT2D eigenvalue weighted by molar-refractivity contribution is 5.88. The van der Waals surface area contributed by atoms with E-state index in [9.17, 15) is 4.79 Å². The van der Waals surface area contributed by atoms with Crippen molar-refractivity contribution in [3.8, 4) is 0 Å². The molecule has 0 aromatic rings. The molecule has 4 nitrogen and oxygen atoms in total. The largest absolute Gasteiger partial charge is 0.366 e. The van der Waals surface area contributed by atoms with Crippen molar-refractivity contribution in [1.82, 2.24) is 0 Å². The zero-order valence-electron chi connectivity index (χ0n) is 7.03. The van der Waals surface area contributed by atoms with Crippen LogP contribution in [0.1, 0.15) is 20.8 Å². The number of nitrogens with two attached hydrogens (primary N) is 1. The molecule has 4 heteroatoms. The fourth-order valence-corrected chi connectivity index (χ4v) is 0.635. The Morgan fingerprint density at radius 2 is 1.73 bits per heavy atom. The Morgan fingerprint density at radius 3 is 1.82 bits per heavy atom. The van der Waals surface area contributed by atoms with Gasteiger partial charge in [0.2, 0.25) is 0 Å². The van der Waals surface area contributed by atoms with Crippen LogP contribution in [-0.2, 0) is 4.79 Å². The molecule has 0 heterocycles. The van der Waals surface area contributed by atoms with Gasteiger partial charge in [-0.15, -0.1) is 0 Å². The summed E-state index contributed by atoms with van der Waals surface area (Å²) in [7, 11) is 0. The molecule has 0 bridgehead atoms. The summed E-state index contributed by atoms with van der Waals surface area (Å²) in [5.41, 5.74) is 4.57. The van der Waals surface area contributed by atoms with Crippen LogP contribution in [0.15, 0.2) is 0 Å². The lowest BCUT2D eigenvalue weighted by Gasteiger charge is -2.22. The molecule has 0 fully saturated rings. The number of ketones is 1. The maximum atomic E-state index is 11.2. The number of Topliss-reactive ketones (excluding diaryl/α,β-unsaturated/α-hetero) is 1. The summed E-state index contributed by atoms with van der Waals surface area (Å²) in [6.07, 6.45) is -1.76. The zero-order chi connectivity index (χ0) is 9.23. The zero-order valence-corrected chi connectivity index (χ0v) is 7.03. The monoisotopic (exact) mass is 161 g/mol. The third-order valence-corrected chi connectivity index (χ3v) is 1.36. The van der Waals surface area contributed by atoms with E-state index in [4.69, 9.17) is 15.9 Å². The van der Waals surface area contributed by atoms with Crippen LogP contribution in [0.5, 0.6) is 0 Å². The van der Waals surface area contributed by atoms with Crippen LogP contribution in [0.3, 0.4) is 0 Å². The van der Waals surface area contributed by atoms with E-state index in [1.807, 2.05) is 0 Å². The van der Waals surface area contributed by atoms with Crippen molar-refractivity contribution in [2.24, 2.45) is 11.1 Å². The molecular weight excluding hydrogens is 146 g/mol. The van der Waals surface area contributed by atoms with E-state index in [1.54, 1.807) is 20.8 Å². The number of hydrogen-bond acceptors (Lipinski definition) is 4. The molecule has 4 N–H and O–H groups in total. The SMILES string of the molecule is CC(C)(C)C(=O)[C@H](N)C(O)O. The topological polar surface area (TPSA) is 83.6 Å². The van der Waals surface area contributed by atoms with E-state index in [2.05, 4.69) is 0 Å². The predicted molar refractivity (Wildman–Crippen MR) is 40.7 cm³/mol. The van der Waals surface area contributed by atoms with Gasteiger partial charge in [0.15, 0.2) is 12.1 Å². The summed E-state index contributed by atoms with van der Waals surface area (Å²) in [6.45, 7) is 5.03. The lowest BCUT2D eigenvalue weighted by atomic mass is 9.86. The first-order valence-electron chi connectivity index (χ1n) is 3.43. The number of carbonyl (C=O) groups is 1. The van der Waals surface area contributed by atoms with E-state index in [1.165, 1.54) is 0 Å². The Bertz CT molecular complexity index is 148. The highest BCUT2D eigenvalue weighted by Gasteiger charge is 2.30. The molecular formula is C7H15NO3. The number of aliphatic hydroxyl groups is 2. The summed E-state index contributed by atoms with van der Waals surface area (Å²) < 4.78 is 0. The lowest BCUT2D eigenvalue weighted by molar-refractivity contribution is -0.138. The molecule has 0 aliphatic heterocycles. The average molecular weight is 161 g/mol. The van der Waals surface area contributed by atoms with Crippen molar-refractivity contribution in [3.63, 3.8) is 0 Å². The average Bonchev–Trinajstić information content (AvgIpc) is 1.82. The van der Waals surface area contributed by atoms with Gasteiger partial charge < -0.3 is 15.9 Å². The van der Waals surface area contributed by atoms with Gasteiger partial charge in [0, 0.05) is 5.41 Å². The minimum Gasteiger partial charge on any atom is -0.366 e. The van der Waals surface area contributed by atoms with Gasteiger partial charge in [-0.25, -0.2) is 0 Å². The fourth-order valence-electron chi connectivity index (χ4n) is 0.635. The Kier molecular flexibility index (Phi) is 3.16. The van der Waals surface area contributed by atoms with Gasteiger partial charge in [0.05, 0.1) is 0 Å². The molecule has 0 spiro atoms. The van der Waals surface area contributed by atoms with Crippen molar-refractivity contribution in [2.45, 2.75) is 33.1 Å². The van der Waals surface area contributed by atoms with Gasteiger partial charge in [0.1, 0.15) is 6.04 Å². The molecule has 0 amide bonds. The van der Waals surface area contributed by atoms with Crippen LogP contribution < -0.4 is 5.73 Å². The van der Waals surface area contributed by atoms with Gasteiger partial charge in [0.25, 0.3) is 0 Å². The van der Waals surface area contributed by atoms with E-state index < -0.39 is 17.7 Å². The van der Waals surface area contributed by atoms with Gasteiger partial charge in [-0.1, -0.05) is 20.8 Å². The molecule has 11 heavy (non-hydrogen) atoms. The van der Waals surface area contributed by atoms with E-state index in [-0.39, 0.29) is 5.78 Å². The Morgan fingerprint density at radius 1 is 1.36 bits per heavy atom. The first-order chi connectivity index (χ1) is 4.76. The van der Waals surface area contributed by atoms with Crippen molar-refractivity contribution in [2.75, 3.05) is 0 Å². The predicted octanol–water partition coefficient (Wildman–Crippen LogP) is -0.760. The standard InChI is InChI=1S/C7H15NO3/c1-7(2,3)5(9)4(8)6(10)11/h4,6,10-11H,8H2,1-3H3/t4-/m0/s1. The summed E-state index contributed by atoms with van der Waals surface area (Å²) in [5, 5.41) is 17.1. The summed E-state index contributed by atoms with van der Waals surface area (Å²) >= 11 is 0. The highest BCUT2D eigenvalue weighted by atomic mass is 16.5. The van der Waals surface area contributed by atoms with Crippen LogP contribution in [0, 0.1) is 5.41 Å². The number of aliphatic hydroxyl groups excluding tert-OH is 1. The van der Waals surface area contributed by atoms with Crippen LogP contribution in [0.2, 0.25) is 0 Å². The van der Waals surface area contributed by atoms with Crippen LogP contribution in [0.25, 0.3) is 0 Å². The third kappa shape index (κ3) is 2.96. The minimum absolute atomic E-state index is 0.354. The lowest BCUT2D eigenvalue weighted by Crippen LogP contribution is -2.46. The molecule has 0 unspecified atom stereocenters. The Hall–Kier alpha value is -0.450. The van der Waals surface area contributed by atoms with Crippen molar-refractivity contribution in [3.05, 3.63) is 0 Å². The maximum Gasteiger partial charge on any atom is 0.174 e. The summed E-state index contributed by atoms with van der Waals surface area (Å²) in [6, 6.07) is -1.20. The molecule has 0 radical (unpaired) electrons. The number of carbonyl (C=O) groups excluding carboxylic acids is 1. The normalized spacial score (nSPS) is 15.2. The van der Waals surface area contributed by atoms with Crippen molar-refractivity contribution < 1.29 is 15.0 Å². The first kappa shape index (κ1) is 10.6. The first-order valence-corrected chi connectivity index (χ1v) is 3.43. The van der Waals surface area contributed by atoms with Gasteiger partial charge in [-0.2, -0.15) is 0 Å². The van der Waals surface area contributed by atoms with Crippen LogP contribution >= 0.6 is 0 Å². The molecule has 0 saturated heterocycles. The third-order valence-electron chi connectivity index (χ3n) is 1.36. The van der Waals surface area contributed by atoms with Crippen molar-refractivity contribution in [1.29, 1.82) is 0 Å². The van der Waals surface area contributed by atoms with E-state index in [0.29, 0.717) is 0 Å². The minimum atomic E-state index is -1.76. The second-order valence-electron chi connectivity index (χ2n) is 3.55. The fraction of sp³-hybridized carbons (Fsp3) is 0.857. The van der Waals surface area contributed by atoms with Gasteiger partial charge in [-0.3, -0.25) is 4.79 Å². The highest BCUT2D eigenvalue weighted by Crippen LogP contribution is 2.16. The molecule has 0 aliphatic carbocycles. The number of rotatable bonds is 2. The smallest absolute Gasteiger partial charge is 0.174 e. The van der Waals surface area contributed by atoms with Crippen molar-refractivity contribution >= 4 is 5.78 Å². The molecule has 0 aromatic heterocycles. The molecule has 0 saturated carbocycles. The second kappa shape index (κ2) is 3.30.